The van der Waals surface area contributed by atoms with Crippen LogP contribution in [0, 0.1) is 0 Å². The highest BCUT2D eigenvalue weighted by molar-refractivity contribution is 5.76. The van der Waals surface area contributed by atoms with E-state index < -0.39 is 0 Å². The van der Waals surface area contributed by atoms with E-state index in [1.807, 2.05) is 29.8 Å². The van der Waals surface area contributed by atoms with Crippen molar-refractivity contribution in [3.63, 3.8) is 0 Å². The van der Waals surface area contributed by atoms with Crippen LogP contribution >= 0.6 is 0 Å². The van der Waals surface area contributed by atoms with Crippen LogP contribution in [0.4, 0.5) is 0 Å². The minimum Gasteiger partial charge on any atom is -0.461 e. The molecule has 0 unspecified atom stereocenters. The first-order chi connectivity index (χ1) is 8.74. The Labute approximate surface area is 107 Å². The summed E-state index contributed by atoms with van der Waals surface area (Å²) in [5.41, 5.74) is 8.00. The lowest BCUT2D eigenvalue weighted by Crippen LogP contribution is -2.32. The number of aromatic nitrogens is 2. The number of nitrogens with zero attached hydrogens (tertiary/aromatic N) is 2. The molecular formula is C14H19N3O. The molecule has 0 saturated heterocycles. The molecule has 4 heteroatoms. The van der Waals surface area contributed by atoms with Gasteiger partial charge in [0, 0.05) is 13.1 Å². The van der Waals surface area contributed by atoms with Crippen molar-refractivity contribution in [1.29, 1.82) is 0 Å². The van der Waals surface area contributed by atoms with Crippen LogP contribution in [0.2, 0.25) is 0 Å². The third-order valence-electron chi connectivity index (χ3n) is 3.74. The molecule has 4 nitrogen and oxygen atoms in total. The van der Waals surface area contributed by atoms with Gasteiger partial charge in [0.1, 0.15) is 6.10 Å². The summed E-state index contributed by atoms with van der Waals surface area (Å²) in [6, 6.07) is 9.17. The number of aryl methyl sites for hydroxylation is 1. The third kappa shape index (κ3) is 2.08. The average molecular weight is 245 g/mol. The van der Waals surface area contributed by atoms with Gasteiger partial charge in [-0.15, -0.1) is 0 Å². The van der Waals surface area contributed by atoms with Gasteiger partial charge in [-0.3, -0.25) is 4.57 Å². The molecule has 1 heterocycles. The molecule has 0 atom stereocenters. The van der Waals surface area contributed by atoms with Gasteiger partial charge in [-0.2, -0.15) is 4.98 Å². The molecule has 0 bridgehead atoms. The van der Waals surface area contributed by atoms with Crippen LogP contribution in [0.5, 0.6) is 6.01 Å². The first-order valence-electron chi connectivity index (χ1n) is 6.58. The Morgan fingerprint density at radius 3 is 2.67 bits per heavy atom. The van der Waals surface area contributed by atoms with Crippen molar-refractivity contribution in [3.05, 3.63) is 24.3 Å². The molecule has 18 heavy (non-hydrogen) atoms. The molecule has 2 N–H and O–H groups in total. The van der Waals surface area contributed by atoms with Gasteiger partial charge in [0.05, 0.1) is 11.0 Å². The number of fused-ring (bicyclic) bond motifs is 1. The number of nitrogens with two attached hydrogens (primary N) is 1. The van der Waals surface area contributed by atoms with Crippen LogP contribution in [0.15, 0.2) is 24.3 Å². The van der Waals surface area contributed by atoms with E-state index in [2.05, 4.69) is 11.1 Å². The van der Waals surface area contributed by atoms with Crippen LogP contribution in [-0.2, 0) is 7.05 Å². The predicted molar refractivity (Wildman–Crippen MR) is 71.6 cm³/mol. The molecule has 0 amide bonds. The van der Waals surface area contributed by atoms with Gasteiger partial charge in [0.15, 0.2) is 0 Å². The highest BCUT2D eigenvalue weighted by Crippen LogP contribution is 2.25. The molecule has 1 aliphatic carbocycles. The van der Waals surface area contributed by atoms with Gasteiger partial charge >= 0.3 is 0 Å². The van der Waals surface area contributed by atoms with Gasteiger partial charge in [0.25, 0.3) is 6.01 Å². The molecule has 96 valence electrons. The number of para-hydroxylation sites is 2. The Morgan fingerprint density at radius 2 is 1.94 bits per heavy atom. The fourth-order valence-electron chi connectivity index (χ4n) is 2.58. The fraction of sp³-hybridized carbons (Fsp3) is 0.500. The number of ether oxygens (including phenoxy) is 1. The number of benzene rings is 1. The molecule has 2 aromatic rings. The Kier molecular flexibility index (Phi) is 2.96. The predicted octanol–water partition coefficient (Wildman–Crippen LogP) is 2.22. The van der Waals surface area contributed by atoms with Crippen molar-refractivity contribution in [2.45, 2.75) is 37.8 Å². The zero-order valence-corrected chi connectivity index (χ0v) is 10.7. The van der Waals surface area contributed by atoms with E-state index in [1.54, 1.807) is 0 Å². The van der Waals surface area contributed by atoms with E-state index in [-0.39, 0.29) is 6.10 Å². The quantitative estimate of drug-likeness (QED) is 0.882. The molecule has 1 aliphatic rings. The van der Waals surface area contributed by atoms with Crippen LogP contribution in [0.3, 0.4) is 0 Å². The lowest BCUT2D eigenvalue weighted by Gasteiger charge is -2.26. The summed E-state index contributed by atoms with van der Waals surface area (Å²) in [6.45, 7) is 0. The van der Waals surface area contributed by atoms with Crippen molar-refractivity contribution >= 4 is 11.0 Å². The average Bonchev–Trinajstić information content (AvgIpc) is 2.70. The lowest BCUT2D eigenvalue weighted by molar-refractivity contribution is 0.131. The number of hydrogen-bond acceptors (Lipinski definition) is 3. The minimum absolute atomic E-state index is 0.264. The molecule has 0 radical (unpaired) electrons. The second-order valence-electron chi connectivity index (χ2n) is 5.10. The summed E-state index contributed by atoms with van der Waals surface area (Å²) in [7, 11) is 2.00. The number of rotatable bonds is 2. The topological polar surface area (TPSA) is 53.1 Å². The van der Waals surface area contributed by atoms with Crippen molar-refractivity contribution in [1.82, 2.24) is 9.55 Å². The zero-order chi connectivity index (χ0) is 12.5. The minimum atomic E-state index is 0.264. The van der Waals surface area contributed by atoms with Crippen LogP contribution in [0.25, 0.3) is 11.0 Å². The van der Waals surface area contributed by atoms with Crippen LogP contribution < -0.4 is 10.5 Å². The summed E-state index contributed by atoms with van der Waals surface area (Å²) < 4.78 is 8.03. The van der Waals surface area contributed by atoms with E-state index >= 15 is 0 Å². The Hall–Kier alpha value is -1.55. The van der Waals surface area contributed by atoms with Crippen molar-refractivity contribution in [2.24, 2.45) is 12.8 Å². The van der Waals surface area contributed by atoms with Crippen LogP contribution in [-0.4, -0.2) is 21.7 Å². The Balaban J connectivity index is 1.80. The largest absolute Gasteiger partial charge is 0.461 e. The van der Waals surface area contributed by atoms with E-state index in [9.17, 15) is 0 Å². The monoisotopic (exact) mass is 245 g/mol. The maximum atomic E-state index is 6.02. The van der Waals surface area contributed by atoms with Crippen molar-refractivity contribution < 1.29 is 4.74 Å². The summed E-state index contributed by atoms with van der Waals surface area (Å²) in [4.78, 5) is 4.53. The van der Waals surface area contributed by atoms with Crippen LogP contribution in [0.1, 0.15) is 25.7 Å². The first-order valence-corrected chi connectivity index (χ1v) is 6.58. The lowest BCUT2D eigenvalue weighted by atomic mass is 9.94. The van der Waals surface area contributed by atoms with Crippen molar-refractivity contribution in [3.8, 4) is 6.01 Å². The van der Waals surface area contributed by atoms with E-state index in [1.165, 1.54) is 0 Å². The van der Waals surface area contributed by atoms with E-state index in [0.717, 1.165) is 42.7 Å². The SMILES string of the molecule is Cn1c(OC2CCC(N)CC2)nc2ccccc21. The standard InChI is InChI=1S/C14H19N3O/c1-17-13-5-3-2-4-12(13)16-14(17)18-11-8-6-10(15)7-9-11/h2-5,10-11H,6-9,15H2,1H3. The smallest absolute Gasteiger partial charge is 0.297 e. The molecule has 1 saturated carbocycles. The van der Waals surface area contributed by atoms with Gasteiger partial charge in [-0.1, -0.05) is 12.1 Å². The molecule has 1 aromatic carbocycles. The summed E-state index contributed by atoms with van der Waals surface area (Å²) in [5, 5.41) is 0. The molecule has 1 fully saturated rings. The van der Waals surface area contributed by atoms with E-state index in [4.69, 9.17) is 10.5 Å². The molecule has 0 aliphatic heterocycles. The normalized spacial score (nSPS) is 24.3. The van der Waals surface area contributed by atoms with E-state index in [0.29, 0.717) is 6.04 Å². The molecule has 3 rings (SSSR count). The highest BCUT2D eigenvalue weighted by atomic mass is 16.5. The number of imidazole rings is 1. The third-order valence-corrected chi connectivity index (χ3v) is 3.74. The maximum absolute atomic E-state index is 6.02. The zero-order valence-electron chi connectivity index (χ0n) is 10.7. The summed E-state index contributed by atoms with van der Waals surface area (Å²) >= 11 is 0. The second kappa shape index (κ2) is 4.61. The molecule has 0 spiro atoms. The summed E-state index contributed by atoms with van der Waals surface area (Å²) in [5.74, 6) is 0. The van der Waals surface area contributed by atoms with Gasteiger partial charge in [-0.05, 0) is 37.8 Å². The van der Waals surface area contributed by atoms with Gasteiger partial charge in [0.2, 0.25) is 0 Å². The van der Waals surface area contributed by atoms with Crippen molar-refractivity contribution in [2.75, 3.05) is 0 Å². The Morgan fingerprint density at radius 1 is 1.22 bits per heavy atom. The highest BCUT2D eigenvalue weighted by Gasteiger charge is 2.21. The Bertz CT molecular complexity index is 541. The van der Waals surface area contributed by atoms with Gasteiger partial charge < -0.3 is 10.5 Å². The summed E-state index contributed by atoms with van der Waals surface area (Å²) in [6.07, 6.45) is 4.43. The fourth-order valence-corrected chi connectivity index (χ4v) is 2.58. The second-order valence-corrected chi connectivity index (χ2v) is 5.10. The molecular weight excluding hydrogens is 226 g/mol. The maximum Gasteiger partial charge on any atom is 0.297 e. The van der Waals surface area contributed by atoms with Gasteiger partial charge in [-0.25, -0.2) is 0 Å². The first kappa shape index (κ1) is 11.5. The number of hydrogen-bond donors (Lipinski definition) is 1. The molecule has 1 aromatic heterocycles.